The number of likely N-dealkylation sites (tertiary alicyclic amines) is 1. The monoisotopic (exact) mass is 399 g/mol. The Morgan fingerprint density at radius 1 is 1.25 bits per heavy atom. The fourth-order valence-corrected chi connectivity index (χ4v) is 4.52. The molecule has 2 amide bonds. The predicted octanol–water partition coefficient (Wildman–Crippen LogP) is 1.61. The summed E-state index contributed by atoms with van der Waals surface area (Å²) in [6.45, 7) is 1.77. The van der Waals surface area contributed by atoms with Gasteiger partial charge in [0.05, 0.1) is 12.5 Å². The molecule has 3 N–H and O–H groups in total. The van der Waals surface area contributed by atoms with Crippen LogP contribution in [0.3, 0.4) is 0 Å². The molecule has 148 valence electrons. The minimum atomic E-state index is -0.272. The Balaban J connectivity index is 1.30. The van der Waals surface area contributed by atoms with Crippen molar-refractivity contribution >= 4 is 23.2 Å². The van der Waals surface area contributed by atoms with Gasteiger partial charge in [-0.25, -0.2) is 10.9 Å². The van der Waals surface area contributed by atoms with Crippen LogP contribution in [0, 0.1) is 5.92 Å². The molecule has 2 aliphatic rings. The van der Waals surface area contributed by atoms with Crippen molar-refractivity contribution in [2.75, 3.05) is 13.1 Å². The van der Waals surface area contributed by atoms with Crippen molar-refractivity contribution < 1.29 is 9.59 Å². The predicted molar refractivity (Wildman–Crippen MR) is 107 cm³/mol. The molecule has 7 nitrogen and oxygen atoms in total. The van der Waals surface area contributed by atoms with E-state index in [0.29, 0.717) is 26.1 Å². The molecule has 0 aromatic carbocycles. The van der Waals surface area contributed by atoms with Crippen LogP contribution in [-0.2, 0) is 16.1 Å². The zero-order valence-corrected chi connectivity index (χ0v) is 16.5. The number of nitrogens with one attached hydrogen (secondary N) is 3. The number of pyridine rings is 1. The summed E-state index contributed by atoms with van der Waals surface area (Å²) in [6, 6.07) is 7.73. The summed E-state index contributed by atoms with van der Waals surface area (Å²) in [6.07, 6.45) is 5.90. The molecule has 4 heterocycles. The molecular formula is C20H25N5O2S. The molecule has 3 atom stereocenters. The zero-order chi connectivity index (χ0) is 19.3. The fraction of sp³-hybridized carbons (Fsp3) is 0.450. The van der Waals surface area contributed by atoms with Gasteiger partial charge in [-0.05, 0) is 48.4 Å². The van der Waals surface area contributed by atoms with E-state index in [1.807, 2.05) is 34.5 Å². The van der Waals surface area contributed by atoms with Crippen molar-refractivity contribution in [3.05, 3.63) is 52.5 Å². The lowest BCUT2D eigenvalue weighted by Crippen LogP contribution is -2.51. The number of thiophene rings is 1. The van der Waals surface area contributed by atoms with Crippen molar-refractivity contribution in [3.63, 3.8) is 0 Å². The average Bonchev–Trinajstić information content (AvgIpc) is 3.44. The Bertz CT molecular complexity index is 798. The Kier molecular flexibility index (Phi) is 5.99. The first-order valence-corrected chi connectivity index (χ1v) is 10.6. The summed E-state index contributed by atoms with van der Waals surface area (Å²) in [7, 11) is 0. The quantitative estimate of drug-likeness (QED) is 0.711. The van der Waals surface area contributed by atoms with Gasteiger partial charge < -0.3 is 10.2 Å². The molecule has 8 heteroatoms. The van der Waals surface area contributed by atoms with Crippen LogP contribution in [0.4, 0.5) is 0 Å². The van der Waals surface area contributed by atoms with Crippen LogP contribution in [0.5, 0.6) is 0 Å². The lowest BCUT2D eigenvalue weighted by atomic mass is 9.95. The topological polar surface area (TPSA) is 86.4 Å². The van der Waals surface area contributed by atoms with Gasteiger partial charge in [0.15, 0.2) is 0 Å². The highest BCUT2D eigenvalue weighted by atomic mass is 32.1. The first-order valence-electron chi connectivity index (χ1n) is 9.70. The largest absolute Gasteiger partial charge is 0.351 e. The number of hydrogen-bond donors (Lipinski definition) is 3. The number of piperidine rings is 1. The van der Waals surface area contributed by atoms with Crippen LogP contribution in [-0.4, -0.2) is 40.8 Å². The van der Waals surface area contributed by atoms with Gasteiger partial charge in [0.1, 0.15) is 6.04 Å². The third kappa shape index (κ3) is 4.40. The number of rotatable bonds is 5. The maximum absolute atomic E-state index is 13.0. The van der Waals surface area contributed by atoms with E-state index in [0.717, 1.165) is 23.3 Å². The Morgan fingerprint density at radius 3 is 2.89 bits per heavy atom. The number of amides is 2. The number of carbonyl (C=O) groups is 2. The van der Waals surface area contributed by atoms with Crippen LogP contribution in [0.25, 0.3) is 0 Å². The second-order valence-electron chi connectivity index (χ2n) is 7.33. The second-order valence-corrected chi connectivity index (χ2v) is 8.36. The molecule has 2 saturated heterocycles. The number of aromatic nitrogens is 1. The first kappa shape index (κ1) is 19.0. The smallest absolute Gasteiger partial charge is 0.241 e. The summed E-state index contributed by atoms with van der Waals surface area (Å²) in [5.41, 5.74) is 7.45. The highest BCUT2D eigenvalue weighted by Crippen LogP contribution is 2.24. The van der Waals surface area contributed by atoms with Crippen molar-refractivity contribution in [2.45, 2.75) is 37.9 Å². The summed E-state index contributed by atoms with van der Waals surface area (Å²) < 4.78 is 0. The Morgan fingerprint density at radius 2 is 2.11 bits per heavy atom. The van der Waals surface area contributed by atoms with Gasteiger partial charge in [0.2, 0.25) is 11.8 Å². The van der Waals surface area contributed by atoms with Crippen molar-refractivity contribution in [2.24, 2.45) is 5.92 Å². The molecule has 0 bridgehead atoms. The van der Waals surface area contributed by atoms with Crippen molar-refractivity contribution in [3.8, 4) is 0 Å². The normalized spacial score (nSPS) is 24.9. The molecule has 0 radical (unpaired) electrons. The third-order valence-corrected chi connectivity index (χ3v) is 6.31. The maximum atomic E-state index is 13.0. The van der Waals surface area contributed by atoms with Gasteiger partial charge in [-0.3, -0.25) is 14.6 Å². The van der Waals surface area contributed by atoms with E-state index in [2.05, 4.69) is 21.2 Å². The molecule has 3 unspecified atom stereocenters. The molecule has 2 fully saturated rings. The molecule has 2 aromatic heterocycles. The summed E-state index contributed by atoms with van der Waals surface area (Å²) in [4.78, 5) is 32.5. The number of hydrogen-bond acceptors (Lipinski definition) is 6. The molecular weight excluding hydrogens is 374 g/mol. The third-order valence-electron chi connectivity index (χ3n) is 5.43. The van der Waals surface area contributed by atoms with Crippen LogP contribution in [0.2, 0.25) is 0 Å². The lowest BCUT2D eigenvalue weighted by Gasteiger charge is -2.33. The van der Waals surface area contributed by atoms with E-state index in [1.54, 1.807) is 23.7 Å². The fourth-order valence-electron chi connectivity index (χ4n) is 3.88. The van der Waals surface area contributed by atoms with E-state index in [1.165, 1.54) is 0 Å². The number of carbonyl (C=O) groups excluding carboxylic acids is 2. The van der Waals surface area contributed by atoms with Gasteiger partial charge in [-0.1, -0.05) is 6.07 Å². The maximum Gasteiger partial charge on any atom is 0.241 e. The van der Waals surface area contributed by atoms with Crippen LogP contribution >= 0.6 is 11.3 Å². The van der Waals surface area contributed by atoms with E-state index >= 15 is 0 Å². The number of nitrogens with zero attached hydrogens (tertiary/aromatic N) is 2. The van der Waals surface area contributed by atoms with Crippen molar-refractivity contribution in [1.29, 1.82) is 0 Å². The Hall–Kier alpha value is -2.29. The molecule has 0 aliphatic carbocycles. The van der Waals surface area contributed by atoms with Crippen LogP contribution < -0.4 is 16.2 Å². The molecule has 0 spiro atoms. The summed E-state index contributed by atoms with van der Waals surface area (Å²) in [5, 5.41) is 5.02. The van der Waals surface area contributed by atoms with Crippen molar-refractivity contribution in [1.82, 2.24) is 26.1 Å². The molecule has 28 heavy (non-hydrogen) atoms. The van der Waals surface area contributed by atoms with E-state index in [9.17, 15) is 9.59 Å². The standard InChI is InChI=1S/C20H25N5O2S/c26-19(22-12-16-4-2-10-28-16)15-3-1-9-25(13-15)20(27)18-11-17(23-24-18)14-5-7-21-8-6-14/h2,4-8,10,15,17-18,23-24H,1,3,9,11-13H2,(H,22,26). The molecule has 2 aromatic rings. The Labute approximate surface area is 168 Å². The minimum Gasteiger partial charge on any atom is -0.351 e. The van der Waals surface area contributed by atoms with E-state index in [-0.39, 0.29) is 29.8 Å². The highest BCUT2D eigenvalue weighted by Gasteiger charge is 2.36. The van der Waals surface area contributed by atoms with E-state index in [4.69, 9.17) is 0 Å². The second kappa shape index (κ2) is 8.81. The van der Waals surface area contributed by atoms with Gasteiger partial charge in [0, 0.05) is 36.4 Å². The van der Waals surface area contributed by atoms with E-state index < -0.39 is 0 Å². The molecule has 2 aliphatic heterocycles. The summed E-state index contributed by atoms with van der Waals surface area (Å²) in [5.74, 6) is -0.0269. The van der Waals surface area contributed by atoms with Gasteiger partial charge in [-0.2, -0.15) is 0 Å². The SMILES string of the molecule is O=C(NCc1cccs1)C1CCCN(C(=O)C2CC(c3ccncc3)NN2)C1. The first-order chi connectivity index (χ1) is 13.7. The number of hydrazine groups is 1. The molecule has 0 saturated carbocycles. The molecule has 4 rings (SSSR count). The van der Waals surface area contributed by atoms with Gasteiger partial charge >= 0.3 is 0 Å². The zero-order valence-electron chi connectivity index (χ0n) is 15.6. The minimum absolute atomic E-state index is 0.0399. The highest BCUT2D eigenvalue weighted by molar-refractivity contribution is 7.09. The van der Waals surface area contributed by atoms with Gasteiger partial charge in [0.25, 0.3) is 0 Å². The van der Waals surface area contributed by atoms with Gasteiger partial charge in [-0.15, -0.1) is 11.3 Å². The average molecular weight is 400 g/mol. The summed E-state index contributed by atoms with van der Waals surface area (Å²) >= 11 is 1.63. The lowest BCUT2D eigenvalue weighted by molar-refractivity contribution is -0.137. The van der Waals surface area contributed by atoms with Crippen LogP contribution in [0.1, 0.15) is 35.7 Å². The van der Waals surface area contributed by atoms with Crippen LogP contribution in [0.15, 0.2) is 42.0 Å².